The molecular formula is C10H24OSi2. The van der Waals surface area contributed by atoms with Gasteiger partial charge in [0.05, 0.1) is 8.07 Å². The lowest BCUT2D eigenvalue weighted by Crippen LogP contribution is -2.22. The summed E-state index contributed by atoms with van der Waals surface area (Å²) in [7, 11) is -0.0498. The van der Waals surface area contributed by atoms with Gasteiger partial charge in [-0.2, -0.15) is 0 Å². The van der Waals surface area contributed by atoms with Crippen molar-refractivity contribution in [3.63, 3.8) is 0 Å². The third-order valence-electron chi connectivity index (χ3n) is 1.68. The van der Waals surface area contributed by atoms with Gasteiger partial charge in [-0.1, -0.05) is 25.2 Å². The Bertz CT molecular complexity index is 119. The highest BCUT2D eigenvalue weighted by Crippen LogP contribution is 2.14. The van der Waals surface area contributed by atoms with Gasteiger partial charge in [-0.05, 0) is 19.0 Å². The lowest BCUT2D eigenvalue weighted by Gasteiger charge is -2.16. The maximum Gasteiger partial charge on any atom is 0.145 e. The van der Waals surface area contributed by atoms with Crippen molar-refractivity contribution in [3.05, 3.63) is 25.3 Å². The maximum atomic E-state index is 4.68. The fraction of sp³-hybridized carbons (Fsp3) is 0.600. The number of allylic oxidation sites excluding steroid dienone is 2. The van der Waals surface area contributed by atoms with E-state index in [1.54, 1.807) is 0 Å². The van der Waals surface area contributed by atoms with Crippen LogP contribution in [0, 0.1) is 0 Å². The van der Waals surface area contributed by atoms with Gasteiger partial charge in [-0.25, -0.2) is 0 Å². The molecule has 0 spiro atoms. The summed E-state index contributed by atoms with van der Waals surface area (Å²) in [6, 6.07) is 2.41. The minimum absolute atomic E-state index is 0.881. The van der Waals surface area contributed by atoms with Gasteiger partial charge < -0.3 is 4.43 Å². The van der Waals surface area contributed by atoms with Gasteiger partial charge in [0.15, 0.2) is 0 Å². The average Bonchev–Trinajstić information content (AvgIpc) is 2.04. The van der Waals surface area contributed by atoms with Crippen LogP contribution in [0.1, 0.15) is 6.92 Å². The Morgan fingerprint density at radius 3 is 1.69 bits per heavy atom. The van der Waals surface area contributed by atoms with Crippen LogP contribution in [0.25, 0.3) is 0 Å². The van der Waals surface area contributed by atoms with Crippen LogP contribution in [0.3, 0.4) is 0 Å². The molecule has 0 saturated carbocycles. The largest absolute Gasteiger partial charge is 0.428 e. The van der Waals surface area contributed by atoms with Crippen LogP contribution >= 0.6 is 0 Å². The molecule has 0 heterocycles. The van der Waals surface area contributed by atoms with E-state index in [-0.39, 0.29) is 0 Å². The summed E-state index contributed by atoms with van der Waals surface area (Å²) in [5, 5.41) is 0. The molecule has 0 bridgehead atoms. The molecule has 13 heavy (non-hydrogen) atoms. The van der Waals surface area contributed by atoms with Crippen LogP contribution in [-0.4, -0.2) is 25.2 Å². The van der Waals surface area contributed by atoms with E-state index in [4.69, 9.17) is 0 Å². The topological polar surface area (TPSA) is 9.23 Å². The number of rotatable bonds is 5. The highest BCUT2D eigenvalue weighted by molar-refractivity contribution is 6.78. The number of hydrogen-bond donors (Lipinski definition) is 0. The van der Waals surface area contributed by atoms with Gasteiger partial charge >= 0.3 is 0 Å². The van der Waals surface area contributed by atoms with Crippen molar-refractivity contribution in [2.75, 3.05) is 6.61 Å². The van der Waals surface area contributed by atoms with Crippen LogP contribution in [-0.2, 0) is 4.43 Å². The van der Waals surface area contributed by atoms with Crippen molar-refractivity contribution in [2.45, 2.75) is 32.1 Å². The SMILES string of the molecule is C=CC[Si](C)(C)CC=C.CCO[SiH3]. The molecule has 0 amide bonds. The molecule has 78 valence electrons. The molecule has 1 nitrogen and oxygen atoms in total. The smallest absolute Gasteiger partial charge is 0.145 e. The normalized spacial score (nSPS) is 10.1. The molecule has 0 radical (unpaired) electrons. The first-order chi connectivity index (χ1) is 6.04. The zero-order valence-electron chi connectivity index (χ0n) is 9.60. The fourth-order valence-corrected chi connectivity index (χ4v) is 2.59. The molecule has 0 aromatic carbocycles. The highest BCUT2D eigenvalue weighted by Gasteiger charge is 2.15. The second-order valence-corrected chi connectivity index (χ2v) is 9.45. The van der Waals surface area contributed by atoms with Crippen molar-refractivity contribution >= 4 is 18.6 Å². The average molecular weight is 216 g/mol. The zero-order chi connectivity index (χ0) is 10.7. The van der Waals surface area contributed by atoms with E-state index in [2.05, 4.69) is 30.7 Å². The standard InChI is InChI=1S/C8H16Si.C2H8OSi/c1-5-7-9(3,4)8-6-2;1-2-3-4/h5-6H,1-2,7-8H2,3-4H3;2H2,1,4H3. The molecule has 0 fully saturated rings. The van der Waals surface area contributed by atoms with Crippen molar-refractivity contribution in [1.29, 1.82) is 0 Å². The minimum atomic E-state index is -0.939. The second-order valence-electron chi connectivity index (χ2n) is 3.73. The summed E-state index contributed by atoms with van der Waals surface area (Å²) in [5.74, 6) is 0. The molecule has 0 aromatic rings. The van der Waals surface area contributed by atoms with Gasteiger partial charge in [0, 0.05) is 6.61 Å². The molecule has 0 unspecified atom stereocenters. The molecule has 0 aliphatic carbocycles. The van der Waals surface area contributed by atoms with Crippen molar-refractivity contribution in [1.82, 2.24) is 0 Å². The van der Waals surface area contributed by atoms with E-state index >= 15 is 0 Å². The summed E-state index contributed by atoms with van der Waals surface area (Å²) >= 11 is 0. The lowest BCUT2D eigenvalue weighted by atomic mass is 10.7. The minimum Gasteiger partial charge on any atom is -0.428 e. The van der Waals surface area contributed by atoms with Crippen molar-refractivity contribution < 1.29 is 4.43 Å². The van der Waals surface area contributed by atoms with E-state index in [1.807, 2.05) is 19.1 Å². The van der Waals surface area contributed by atoms with Gasteiger partial charge in [0.25, 0.3) is 0 Å². The van der Waals surface area contributed by atoms with Crippen LogP contribution in [0.15, 0.2) is 25.3 Å². The summed E-state index contributed by atoms with van der Waals surface area (Å²) in [6.07, 6.45) is 4.05. The van der Waals surface area contributed by atoms with Crippen LogP contribution < -0.4 is 0 Å². The molecule has 0 rings (SSSR count). The Kier molecular flexibility index (Phi) is 11.8. The monoisotopic (exact) mass is 216 g/mol. The quantitative estimate of drug-likeness (QED) is 0.506. The van der Waals surface area contributed by atoms with E-state index in [0.29, 0.717) is 0 Å². The Hall–Kier alpha value is -0.126. The lowest BCUT2D eigenvalue weighted by molar-refractivity contribution is 0.375. The first-order valence-electron chi connectivity index (χ1n) is 4.74. The molecule has 0 aliphatic heterocycles. The molecule has 0 N–H and O–H groups in total. The van der Waals surface area contributed by atoms with Crippen LogP contribution in [0.4, 0.5) is 0 Å². The summed E-state index contributed by atoms with van der Waals surface area (Å²) in [5.41, 5.74) is 0. The zero-order valence-corrected chi connectivity index (χ0v) is 12.6. The first-order valence-corrected chi connectivity index (χ1v) is 8.97. The van der Waals surface area contributed by atoms with Gasteiger partial charge in [-0.15, -0.1) is 13.2 Å². The Labute approximate surface area is 87.4 Å². The molecule has 0 saturated heterocycles. The van der Waals surface area contributed by atoms with E-state index in [9.17, 15) is 0 Å². The van der Waals surface area contributed by atoms with Gasteiger partial charge in [-0.3, -0.25) is 0 Å². The maximum absolute atomic E-state index is 4.68. The molecule has 0 aromatic heterocycles. The summed E-state index contributed by atoms with van der Waals surface area (Å²) < 4.78 is 4.68. The molecule has 3 heteroatoms. The summed E-state index contributed by atoms with van der Waals surface area (Å²) in [4.78, 5) is 0. The van der Waals surface area contributed by atoms with Crippen LogP contribution in [0.5, 0.6) is 0 Å². The van der Waals surface area contributed by atoms with Crippen molar-refractivity contribution in [3.8, 4) is 0 Å². The van der Waals surface area contributed by atoms with Crippen LogP contribution in [0.2, 0.25) is 25.2 Å². The second kappa shape index (κ2) is 9.96. The fourth-order valence-electron chi connectivity index (χ4n) is 0.865. The predicted molar refractivity (Wildman–Crippen MR) is 69.1 cm³/mol. The molecular weight excluding hydrogens is 192 g/mol. The van der Waals surface area contributed by atoms with E-state index in [0.717, 1.165) is 17.1 Å². The number of hydrogen-bond acceptors (Lipinski definition) is 1. The van der Waals surface area contributed by atoms with Crippen molar-refractivity contribution in [2.24, 2.45) is 0 Å². The Balaban J connectivity index is 0. The molecule has 0 atom stereocenters. The highest BCUT2D eigenvalue weighted by atomic mass is 28.3. The van der Waals surface area contributed by atoms with E-state index < -0.39 is 8.07 Å². The Morgan fingerprint density at radius 2 is 1.54 bits per heavy atom. The third kappa shape index (κ3) is 14.7. The Morgan fingerprint density at radius 1 is 1.23 bits per heavy atom. The van der Waals surface area contributed by atoms with Gasteiger partial charge in [0.1, 0.15) is 10.5 Å². The molecule has 0 aliphatic rings. The third-order valence-corrected chi connectivity index (χ3v) is 5.05. The van der Waals surface area contributed by atoms with E-state index in [1.165, 1.54) is 12.1 Å². The predicted octanol–water partition coefficient (Wildman–Crippen LogP) is 2.37. The first kappa shape index (κ1) is 15.4. The summed E-state index contributed by atoms with van der Waals surface area (Å²) in [6.45, 7) is 15.0. The van der Waals surface area contributed by atoms with Gasteiger partial charge in [0.2, 0.25) is 0 Å².